The summed E-state index contributed by atoms with van der Waals surface area (Å²) < 4.78 is 5.00. The first-order chi connectivity index (χ1) is 9.12. The number of hydrogen-bond donors (Lipinski definition) is 1. The molecule has 0 bridgehead atoms. The smallest absolute Gasteiger partial charge is 0.340 e. The molecule has 5 nitrogen and oxygen atoms in total. The van der Waals surface area contributed by atoms with E-state index in [1.807, 2.05) is 13.0 Å². The number of carbonyl (C=O) groups is 1. The van der Waals surface area contributed by atoms with E-state index in [0.29, 0.717) is 23.0 Å². The summed E-state index contributed by atoms with van der Waals surface area (Å²) in [5.74, 6) is -0.414. The summed E-state index contributed by atoms with van der Waals surface area (Å²) in [7, 11) is 0. The second-order valence-corrected chi connectivity index (χ2v) is 4.39. The molecule has 0 saturated carbocycles. The Balaban J connectivity index is 3.20. The van der Waals surface area contributed by atoms with Gasteiger partial charge in [0.15, 0.2) is 11.4 Å². The Morgan fingerprint density at radius 2 is 2.32 bits per heavy atom. The summed E-state index contributed by atoms with van der Waals surface area (Å²) >= 11 is 1.29. The Morgan fingerprint density at radius 3 is 2.89 bits per heavy atom. The number of esters is 1. The zero-order valence-electron chi connectivity index (χ0n) is 11.1. The summed E-state index contributed by atoms with van der Waals surface area (Å²) in [5, 5.41) is 11.5. The molecule has 19 heavy (non-hydrogen) atoms. The van der Waals surface area contributed by atoms with Crippen molar-refractivity contribution in [2.24, 2.45) is 4.99 Å². The van der Waals surface area contributed by atoms with Crippen molar-refractivity contribution < 1.29 is 9.53 Å². The Kier molecular flexibility index (Phi) is 5.90. The van der Waals surface area contributed by atoms with Crippen molar-refractivity contribution in [3.8, 4) is 6.19 Å². The van der Waals surface area contributed by atoms with Crippen molar-refractivity contribution in [2.75, 3.05) is 12.9 Å². The van der Waals surface area contributed by atoms with Crippen LogP contribution in [0.4, 0.5) is 5.69 Å². The lowest BCUT2D eigenvalue weighted by Gasteiger charge is -2.07. The number of ether oxygens (including phenoxy) is 1. The average molecular weight is 277 g/mol. The van der Waals surface area contributed by atoms with Gasteiger partial charge in [-0.25, -0.2) is 9.79 Å². The normalized spacial score (nSPS) is 10.7. The first kappa shape index (κ1) is 15.1. The molecule has 1 aromatic carbocycles. The lowest BCUT2D eigenvalue weighted by Crippen LogP contribution is -2.13. The number of hydrogen-bond acceptors (Lipinski definition) is 5. The zero-order valence-corrected chi connectivity index (χ0v) is 11.9. The fourth-order valence-corrected chi connectivity index (χ4v) is 1.74. The summed E-state index contributed by atoms with van der Waals surface area (Å²) in [6.45, 7) is 3.95. The summed E-state index contributed by atoms with van der Waals surface area (Å²) in [5.41, 5.74) is 1.82. The third-order valence-electron chi connectivity index (χ3n) is 2.23. The van der Waals surface area contributed by atoms with Gasteiger partial charge in [0, 0.05) is 0 Å². The molecule has 1 rings (SSSR count). The maximum atomic E-state index is 11.9. The molecule has 0 unspecified atom stereocenters. The minimum Gasteiger partial charge on any atom is -0.462 e. The van der Waals surface area contributed by atoms with Gasteiger partial charge in [-0.3, -0.25) is 5.32 Å². The highest BCUT2D eigenvalue weighted by Crippen LogP contribution is 2.22. The highest BCUT2D eigenvalue weighted by atomic mass is 32.2. The van der Waals surface area contributed by atoms with E-state index in [1.54, 1.807) is 31.5 Å². The Bertz CT molecular complexity index is 535. The molecule has 0 fully saturated rings. The maximum absolute atomic E-state index is 11.9. The molecule has 0 aliphatic carbocycles. The largest absolute Gasteiger partial charge is 0.462 e. The fourth-order valence-electron chi connectivity index (χ4n) is 1.40. The highest BCUT2D eigenvalue weighted by Gasteiger charge is 2.13. The summed E-state index contributed by atoms with van der Waals surface area (Å²) in [6, 6.07) is 5.31. The van der Waals surface area contributed by atoms with Crippen LogP contribution in [0, 0.1) is 18.4 Å². The van der Waals surface area contributed by atoms with Gasteiger partial charge in [-0.2, -0.15) is 5.26 Å². The Labute approximate surface area is 116 Å². The van der Waals surface area contributed by atoms with Gasteiger partial charge in [0.1, 0.15) is 0 Å². The van der Waals surface area contributed by atoms with Crippen LogP contribution in [0.15, 0.2) is 23.2 Å². The molecule has 0 heterocycles. The molecule has 1 aromatic rings. The van der Waals surface area contributed by atoms with E-state index >= 15 is 0 Å². The molecule has 0 radical (unpaired) electrons. The lowest BCUT2D eigenvalue weighted by molar-refractivity contribution is 0.0527. The minimum atomic E-state index is -0.414. The molecule has 0 aromatic heterocycles. The third-order valence-corrected chi connectivity index (χ3v) is 2.81. The van der Waals surface area contributed by atoms with Gasteiger partial charge in [0.2, 0.25) is 0 Å². The van der Waals surface area contributed by atoms with Crippen LogP contribution < -0.4 is 5.32 Å². The number of nitrogens with zero attached hydrogens (tertiary/aromatic N) is 2. The van der Waals surface area contributed by atoms with Gasteiger partial charge < -0.3 is 4.74 Å². The second-order valence-electron chi connectivity index (χ2n) is 3.60. The van der Waals surface area contributed by atoms with Crippen LogP contribution in [0.3, 0.4) is 0 Å². The highest BCUT2D eigenvalue weighted by molar-refractivity contribution is 8.13. The van der Waals surface area contributed by atoms with E-state index in [-0.39, 0.29) is 0 Å². The molecule has 0 aliphatic heterocycles. The van der Waals surface area contributed by atoms with Crippen molar-refractivity contribution in [1.29, 1.82) is 5.26 Å². The first-order valence-electron chi connectivity index (χ1n) is 5.68. The molecule has 100 valence electrons. The van der Waals surface area contributed by atoms with Crippen LogP contribution >= 0.6 is 11.8 Å². The number of nitrogens with one attached hydrogen (secondary N) is 1. The van der Waals surface area contributed by atoms with E-state index in [0.717, 1.165) is 5.56 Å². The number of carbonyl (C=O) groups excluding carboxylic acids is 1. The molecular formula is C13H15N3O2S. The van der Waals surface area contributed by atoms with Gasteiger partial charge in [0.25, 0.3) is 0 Å². The average Bonchev–Trinajstić information content (AvgIpc) is 2.40. The Hall–Kier alpha value is -2.00. The van der Waals surface area contributed by atoms with E-state index in [9.17, 15) is 4.79 Å². The van der Waals surface area contributed by atoms with Crippen LogP contribution in [0.1, 0.15) is 22.8 Å². The van der Waals surface area contributed by atoms with Crippen molar-refractivity contribution in [3.63, 3.8) is 0 Å². The number of aryl methyl sites for hydroxylation is 1. The summed E-state index contributed by atoms with van der Waals surface area (Å²) in [4.78, 5) is 16.1. The van der Waals surface area contributed by atoms with Gasteiger partial charge in [-0.15, -0.1) is 0 Å². The van der Waals surface area contributed by atoms with Crippen LogP contribution in [0.25, 0.3) is 0 Å². The number of rotatable bonds is 3. The third kappa shape index (κ3) is 4.30. The number of nitriles is 1. The molecule has 0 spiro atoms. The second kappa shape index (κ2) is 7.44. The monoisotopic (exact) mass is 277 g/mol. The predicted octanol–water partition coefficient (Wildman–Crippen LogP) is 2.59. The molecule has 0 amide bonds. The number of thioether (sulfide) groups is 1. The standard InChI is InChI=1S/C13H15N3O2S/c1-4-18-12(17)10-7-9(2)5-6-11(10)16-13(19-3)15-8-14/h5-7H,4H2,1-3H3,(H,15,16). The number of benzene rings is 1. The fraction of sp³-hybridized carbons (Fsp3) is 0.308. The van der Waals surface area contributed by atoms with Crippen molar-refractivity contribution >= 4 is 28.6 Å². The minimum absolute atomic E-state index is 0.307. The molecule has 0 atom stereocenters. The van der Waals surface area contributed by atoms with Gasteiger partial charge in [-0.05, 0) is 32.2 Å². The van der Waals surface area contributed by atoms with Gasteiger partial charge >= 0.3 is 5.97 Å². The lowest BCUT2D eigenvalue weighted by atomic mass is 10.1. The quantitative estimate of drug-likeness (QED) is 0.302. The predicted molar refractivity (Wildman–Crippen MR) is 76.5 cm³/mol. The zero-order chi connectivity index (χ0) is 14.3. The van der Waals surface area contributed by atoms with Gasteiger partial charge in [-0.1, -0.05) is 23.4 Å². The van der Waals surface area contributed by atoms with E-state index in [1.165, 1.54) is 11.8 Å². The molecule has 0 aliphatic rings. The summed E-state index contributed by atoms with van der Waals surface area (Å²) in [6.07, 6.45) is 3.60. The molecule has 1 N–H and O–H groups in total. The SMILES string of the molecule is CCOC(=O)c1cc(C)ccc1N=C(NC#N)SC. The van der Waals surface area contributed by atoms with E-state index in [4.69, 9.17) is 10.00 Å². The topological polar surface area (TPSA) is 74.5 Å². The van der Waals surface area contributed by atoms with Crippen LogP contribution in [0.5, 0.6) is 0 Å². The van der Waals surface area contributed by atoms with Crippen LogP contribution in [-0.4, -0.2) is 24.0 Å². The molecular weight excluding hydrogens is 262 g/mol. The van der Waals surface area contributed by atoms with E-state index in [2.05, 4.69) is 10.3 Å². The molecule has 6 heteroatoms. The number of amidine groups is 1. The first-order valence-corrected chi connectivity index (χ1v) is 6.90. The molecule has 0 saturated heterocycles. The van der Waals surface area contributed by atoms with Gasteiger partial charge in [0.05, 0.1) is 17.9 Å². The van der Waals surface area contributed by atoms with Crippen molar-refractivity contribution in [2.45, 2.75) is 13.8 Å². The van der Waals surface area contributed by atoms with Crippen molar-refractivity contribution in [1.82, 2.24) is 5.32 Å². The van der Waals surface area contributed by atoms with Crippen LogP contribution in [0.2, 0.25) is 0 Å². The van der Waals surface area contributed by atoms with E-state index < -0.39 is 5.97 Å². The maximum Gasteiger partial charge on any atom is 0.340 e. The van der Waals surface area contributed by atoms with Crippen LogP contribution in [-0.2, 0) is 4.74 Å². The number of aliphatic imine (C=N–C) groups is 1. The Morgan fingerprint density at radius 1 is 1.58 bits per heavy atom. The van der Waals surface area contributed by atoms with Crippen molar-refractivity contribution in [3.05, 3.63) is 29.3 Å².